The van der Waals surface area contributed by atoms with Crippen LogP contribution in [-0.2, 0) is 11.3 Å². The molecule has 1 N–H and O–H groups in total. The molecule has 0 saturated carbocycles. The number of amides is 1. The van der Waals surface area contributed by atoms with E-state index in [0.717, 1.165) is 33.2 Å². The van der Waals surface area contributed by atoms with Gasteiger partial charge >= 0.3 is 5.69 Å². The molecular formula is C24H26N4O5. The minimum absolute atomic E-state index is 0.0118. The fourth-order valence-electron chi connectivity index (χ4n) is 3.80. The quantitative estimate of drug-likeness (QED) is 0.587. The van der Waals surface area contributed by atoms with Gasteiger partial charge in [-0.1, -0.05) is 35.9 Å². The fraction of sp³-hybridized carbons (Fsp3) is 0.333. The number of rotatable bonds is 7. The Kier molecular flexibility index (Phi) is 6.69. The highest BCUT2D eigenvalue weighted by Crippen LogP contribution is 2.15. The Balaban J connectivity index is 1.78. The van der Waals surface area contributed by atoms with Gasteiger partial charge in [0.25, 0.3) is 11.5 Å². The van der Waals surface area contributed by atoms with Gasteiger partial charge in [0.15, 0.2) is 0 Å². The van der Waals surface area contributed by atoms with Crippen molar-refractivity contribution in [2.24, 2.45) is 0 Å². The largest absolute Gasteiger partial charge is 0.497 e. The third-order valence-corrected chi connectivity index (χ3v) is 5.51. The Morgan fingerprint density at radius 1 is 1.21 bits per heavy atom. The minimum Gasteiger partial charge on any atom is -0.497 e. The number of hydrogen-bond acceptors (Lipinski definition) is 6. The van der Waals surface area contributed by atoms with E-state index in [1.807, 2.05) is 31.2 Å². The molecule has 2 aromatic carbocycles. The predicted octanol–water partition coefficient (Wildman–Crippen LogP) is 1.67. The lowest BCUT2D eigenvalue weighted by Crippen LogP contribution is -2.46. The van der Waals surface area contributed by atoms with Crippen LogP contribution in [0, 0.1) is 6.92 Å². The summed E-state index contributed by atoms with van der Waals surface area (Å²) in [5.41, 5.74) is 0.394. The second-order valence-electron chi connectivity index (χ2n) is 7.97. The van der Waals surface area contributed by atoms with Crippen molar-refractivity contribution in [3.05, 3.63) is 86.2 Å². The molecule has 1 saturated heterocycles. The van der Waals surface area contributed by atoms with Gasteiger partial charge in [-0.05, 0) is 37.5 Å². The lowest BCUT2D eigenvalue weighted by Gasteiger charge is -2.14. The molecule has 2 heterocycles. The predicted molar refractivity (Wildman–Crippen MR) is 122 cm³/mol. The molecule has 172 valence electrons. The molecule has 33 heavy (non-hydrogen) atoms. The van der Waals surface area contributed by atoms with Crippen molar-refractivity contribution in [3.8, 4) is 11.4 Å². The normalized spacial score (nSPS) is 15.4. The Hall–Kier alpha value is -3.72. The molecule has 0 radical (unpaired) electrons. The molecule has 0 unspecified atom stereocenters. The summed E-state index contributed by atoms with van der Waals surface area (Å²) >= 11 is 0. The van der Waals surface area contributed by atoms with Crippen LogP contribution in [0.4, 0.5) is 0 Å². The zero-order valence-corrected chi connectivity index (χ0v) is 18.6. The Morgan fingerprint density at radius 2 is 2.03 bits per heavy atom. The maximum atomic E-state index is 13.3. The molecule has 0 aliphatic carbocycles. The van der Waals surface area contributed by atoms with Crippen LogP contribution in [0.5, 0.6) is 5.75 Å². The second-order valence-corrected chi connectivity index (χ2v) is 7.97. The van der Waals surface area contributed by atoms with Crippen molar-refractivity contribution in [2.45, 2.75) is 32.4 Å². The van der Waals surface area contributed by atoms with Gasteiger partial charge < -0.3 is 14.8 Å². The SMILES string of the molecule is COc1cccc(-n2nc(C(=O)NC[C@H]3CCCO3)c(=O)n(Cc3cccc(C)c3)c2=O)c1. The summed E-state index contributed by atoms with van der Waals surface area (Å²) < 4.78 is 12.9. The number of benzene rings is 2. The van der Waals surface area contributed by atoms with E-state index in [9.17, 15) is 14.4 Å². The van der Waals surface area contributed by atoms with E-state index < -0.39 is 17.2 Å². The van der Waals surface area contributed by atoms with Crippen LogP contribution in [0.15, 0.2) is 58.1 Å². The molecule has 1 fully saturated rings. The first-order valence-corrected chi connectivity index (χ1v) is 10.8. The molecule has 9 heteroatoms. The van der Waals surface area contributed by atoms with Crippen molar-refractivity contribution < 1.29 is 14.3 Å². The first-order valence-electron chi connectivity index (χ1n) is 10.8. The second kappa shape index (κ2) is 9.83. The van der Waals surface area contributed by atoms with E-state index in [1.165, 1.54) is 7.11 Å². The molecule has 9 nitrogen and oxygen atoms in total. The summed E-state index contributed by atoms with van der Waals surface area (Å²) in [6.45, 7) is 2.87. The maximum Gasteiger partial charge on any atom is 0.352 e. The van der Waals surface area contributed by atoms with Crippen molar-refractivity contribution in [1.82, 2.24) is 19.7 Å². The van der Waals surface area contributed by atoms with Crippen LogP contribution in [0.1, 0.15) is 34.5 Å². The first kappa shape index (κ1) is 22.5. The third-order valence-electron chi connectivity index (χ3n) is 5.51. The fourth-order valence-corrected chi connectivity index (χ4v) is 3.80. The number of carbonyl (C=O) groups is 1. The monoisotopic (exact) mass is 450 g/mol. The molecule has 1 atom stereocenters. The van der Waals surface area contributed by atoms with Crippen molar-refractivity contribution >= 4 is 5.91 Å². The smallest absolute Gasteiger partial charge is 0.352 e. The highest BCUT2D eigenvalue weighted by molar-refractivity contribution is 5.91. The number of aryl methyl sites for hydroxylation is 1. The molecule has 0 bridgehead atoms. The van der Waals surface area contributed by atoms with E-state index in [4.69, 9.17) is 9.47 Å². The number of nitrogens with one attached hydrogen (secondary N) is 1. The molecule has 1 aromatic heterocycles. The molecule has 0 spiro atoms. The highest BCUT2D eigenvalue weighted by Gasteiger charge is 2.23. The average Bonchev–Trinajstić information content (AvgIpc) is 3.34. The Labute approximate surface area is 190 Å². The van der Waals surface area contributed by atoms with Gasteiger partial charge in [0.05, 0.1) is 25.4 Å². The number of nitrogens with zero attached hydrogens (tertiary/aromatic N) is 3. The van der Waals surface area contributed by atoms with Gasteiger partial charge in [0, 0.05) is 19.2 Å². The minimum atomic E-state index is -0.745. The zero-order chi connectivity index (χ0) is 23.4. The number of carbonyl (C=O) groups excluding carboxylic acids is 1. The molecule has 1 amide bonds. The lowest BCUT2D eigenvalue weighted by atomic mass is 10.1. The van der Waals surface area contributed by atoms with Gasteiger partial charge in [0.1, 0.15) is 5.75 Å². The summed E-state index contributed by atoms with van der Waals surface area (Å²) in [5, 5.41) is 6.87. The van der Waals surface area contributed by atoms with Crippen LogP contribution in [0.25, 0.3) is 5.69 Å². The Morgan fingerprint density at radius 3 is 2.76 bits per heavy atom. The number of hydrogen-bond donors (Lipinski definition) is 1. The van der Waals surface area contributed by atoms with Crippen LogP contribution >= 0.6 is 0 Å². The van der Waals surface area contributed by atoms with Crippen molar-refractivity contribution in [1.29, 1.82) is 0 Å². The third kappa shape index (κ3) is 5.04. The molecule has 1 aliphatic heterocycles. The maximum absolute atomic E-state index is 13.3. The van der Waals surface area contributed by atoms with E-state index in [1.54, 1.807) is 24.3 Å². The van der Waals surface area contributed by atoms with Crippen LogP contribution in [-0.4, -0.2) is 46.6 Å². The van der Waals surface area contributed by atoms with Gasteiger partial charge in [-0.15, -0.1) is 0 Å². The average molecular weight is 450 g/mol. The van der Waals surface area contributed by atoms with E-state index in [2.05, 4.69) is 10.4 Å². The van der Waals surface area contributed by atoms with Gasteiger partial charge in [0.2, 0.25) is 5.69 Å². The van der Waals surface area contributed by atoms with E-state index >= 15 is 0 Å². The van der Waals surface area contributed by atoms with Gasteiger partial charge in [-0.2, -0.15) is 9.78 Å². The molecule has 1 aliphatic rings. The number of methoxy groups -OCH3 is 1. The van der Waals surface area contributed by atoms with E-state index in [0.29, 0.717) is 18.0 Å². The Bertz CT molecular complexity index is 1270. The van der Waals surface area contributed by atoms with Crippen molar-refractivity contribution in [2.75, 3.05) is 20.3 Å². The first-order chi connectivity index (χ1) is 16.0. The summed E-state index contributed by atoms with van der Waals surface area (Å²) in [7, 11) is 1.51. The van der Waals surface area contributed by atoms with Crippen LogP contribution < -0.4 is 21.3 Å². The molecule has 3 aromatic rings. The molecule has 4 rings (SSSR count). The molecular weight excluding hydrogens is 424 g/mol. The van der Waals surface area contributed by atoms with Crippen LogP contribution in [0.3, 0.4) is 0 Å². The summed E-state index contributed by atoms with van der Waals surface area (Å²) in [6, 6.07) is 14.2. The summed E-state index contributed by atoms with van der Waals surface area (Å²) in [5.74, 6) is -0.132. The summed E-state index contributed by atoms with van der Waals surface area (Å²) in [4.78, 5) is 39.4. The topological polar surface area (TPSA) is 104 Å². The lowest BCUT2D eigenvalue weighted by molar-refractivity contribution is 0.0849. The van der Waals surface area contributed by atoms with Crippen LogP contribution in [0.2, 0.25) is 0 Å². The van der Waals surface area contributed by atoms with Gasteiger partial charge in [-0.3, -0.25) is 14.2 Å². The standard InChI is InChI=1S/C24H26N4O5/c1-16-6-3-7-17(12-16)15-27-23(30)21(22(29)25-14-20-10-5-11-33-20)26-28(24(27)31)18-8-4-9-19(13-18)32-2/h3-4,6-9,12-13,20H,5,10-11,14-15H2,1-2H3,(H,25,29)/t20-/m1/s1. The van der Waals surface area contributed by atoms with E-state index in [-0.39, 0.29) is 24.9 Å². The number of ether oxygens (including phenoxy) is 2. The number of aromatic nitrogens is 3. The van der Waals surface area contributed by atoms with Crippen molar-refractivity contribution in [3.63, 3.8) is 0 Å². The summed E-state index contributed by atoms with van der Waals surface area (Å²) in [6.07, 6.45) is 1.69. The zero-order valence-electron chi connectivity index (χ0n) is 18.6. The van der Waals surface area contributed by atoms with Gasteiger partial charge in [-0.25, -0.2) is 4.79 Å². The highest BCUT2D eigenvalue weighted by atomic mass is 16.5.